The predicted octanol–water partition coefficient (Wildman–Crippen LogP) is 14.8. The maximum Gasteiger partial charge on any atom is 0.297 e. The highest BCUT2D eigenvalue weighted by Crippen LogP contribution is 2.53. The molecular weight excluding hydrogens is 767 g/mol. The minimum atomic E-state index is -0.139. The molecule has 8 aromatic rings. The van der Waals surface area contributed by atoms with E-state index in [0.717, 1.165) is 57.7 Å². The molecule has 4 heterocycles. The molecule has 1 aliphatic carbocycles. The van der Waals surface area contributed by atoms with E-state index in [1.54, 1.807) is 0 Å². The van der Waals surface area contributed by atoms with Gasteiger partial charge in [0.2, 0.25) is 0 Å². The third kappa shape index (κ3) is 5.87. The van der Waals surface area contributed by atoms with Crippen molar-refractivity contribution < 1.29 is 8.83 Å². The topological polar surface area (TPSA) is 32.8 Å². The molecule has 5 heteroatoms. The number of fused-ring (bicyclic) bond motifs is 10. The molecule has 2 aromatic heterocycles. The van der Waals surface area contributed by atoms with Crippen LogP contribution in [-0.2, 0) is 21.7 Å². The van der Waals surface area contributed by atoms with Crippen molar-refractivity contribution in [2.75, 3.05) is 9.80 Å². The standard InChI is InChI=1S/C58H61BN2O2/c1-33(2)38-23-24-44(53-50(38)39-16-14-15-17-48(39)62-53)61-45-32-42-41(57(10,11)26-27-58(42,12)13)31-43(45)59-51-46(28-34(3)29-47(51)61)60(37-21-18-35(19-22-37)55(4,5)6)52-40-30-36(56(7,8)9)20-25-49(40)63-54(52)59/h14-25,28-33H,26-27H2,1-13H3. The van der Waals surface area contributed by atoms with E-state index in [-0.39, 0.29) is 28.4 Å². The summed E-state index contributed by atoms with van der Waals surface area (Å²) in [6.45, 7) is 30.3. The van der Waals surface area contributed by atoms with E-state index in [4.69, 9.17) is 8.83 Å². The fourth-order valence-electron chi connectivity index (χ4n) is 11.3. The smallest absolute Gasteiger partial charge is 0.297 e. The highest BCUT2D eigenvalue weighted by molar-refractivity contribution is 7.00. The Morgan fingerprint density at radius 2 is 1.22 bits per heavy atom. The first-order chi connectivity index (χ1) is 29.7. The number of rotatable bonds is 3. The van der Waals surface area contributed by atoms with Gasteiger partial charge < -0.3 is 18.6 Å². The predicted molar refractivity (Wildman–Crippen MR) is 269 cm³/mol. The van der Waals surface area contributed by atoms with E-state index in [1.807, 2.05) is 0 Å². The van der Waals surface area contributed by atoms with Gasteiger partial charge >= 0.3 is 0 Å². The molecule has 0 unspecified atom stereocenters. The van der Waals surface area contributed by atoms with Gasteiger partial charge in [0.1, 0.15) is 11.2 Å². The molecule has 3 aliphatic rings. The number of hydrogen-bond donors (Lipinski definition) is 0. The summed E-state index contributed by atoms with van der Waals surface area (Å²) in [7, 11) is 0. The van der Waals surface area contributed by atoms with Crippen LogP contribution in [0.1, 0.15) is 135 Å². The Balaban J connectivity index is 1.29. The van der Waals surface area contributed by atoms with E-state index in [9.17, 15) is 0 Å². The average molecular weight is 829 g/mol. The molecule has 0 bridgehead atoms. The minimum absolute atomic E-state index is 0.0102. The average Bonchev–Trinajstić information content (AvgIpc) is 3.80. The SMILES string of the molecule is Cc1cc2c3c(c1)N(c1ccc(C(C)C)c4c1oc1ccccc14)c1cc4c(cc1B3c1oc3ccc(C(C)(C)C)cc3c1N2c1ccc(C(C)(C)C)cc1)C(C)(C)CCC4(C)C. The van der Waals surface area contributed by atoms with Crippen molar-refractivity contribution in [1.29, 1.82) is 0 Å². The van der Waals surface area contributed by atoms with Crippen molar-refractivity contribution >= 4 is 90.3 Å². The molecule has 2 aliphatic heterocycles. The van der Waals surface area contributed by atoms with Gasteiger partial charge in [-0.05, 0) is 146 Å². The maximum atomic E-state index is 7.38. The van der Waals surface area contributed by atoms with Gasteiger partial charge in [0.25, 0.3) is 6.71 Å². The van der Waals surface area contributed by atoms with Gasteiger partial charge in [-0.3, -0.25) is 0 Å². The molecule has 0 saturated carbocycles. The number of nitrogens with zero attached hydrogens (tertiary/aromatic N) is 2. The van der Waals surface area contributed by atoms with E-state index < -0.39 is 0 Å². The molecule has 0 fully saturated rings. The van der Waals surface area contributed by atoms with Gasteiger partial charge in [-0.15, -0.1) is 0 Å². The highest BCUT2D eigenvalue weighted by atomic mass is 16.3. The quantitative estimate of drug-likeness (QED) is 0.166. The summed E-state index contributed by atoms with van der Waals surface area (Å²) in [6.07, 6.45) is 2.28. The Kier molecular flexibility index (Phi) is 8.40. The van der Waals surface area contributed by atoms with Crippen LogP contribution in [0.5, 0.6) is 0 Å². The second kappa shape index (κ2) is 13.2. The Bertz CT molecular complexity index is 3200. The molecule has 0 saturated heterocycles. The Hall–Kier alpha value is -5.68. The molecule has 0 radical (unpaired) electrons. The summed E-state index contributed by atoms with van der Waals surface area (Å²) in [5, 5.41) is 3.53. The van der Waals surface area contributed by atoms with Crippen LogP contribution in [0.3, 0.4) is 0 Å². The van der Waals surface area contributed by atoms with Gasteiger partial charge in [0.15, 0.2) is 5.58 Å². The lowest BCUT2D eigenvalue weighted by Crippen LogP contribution is -2.61. The number of furan rings is 2. The van der Waals surface area contributed by atoms with Gasteiger partial charge in [-0.1, -0.05) is 132 Å². The highest BCUT2D eigenvalue weighted by Gasteiger charge is 2.49. The maximum absolute atomic E-state index is 7.38. The lowest BCUT2D eigenvalue weighted by atomic mass is 9.35. The van der Waals surface area contributed by atoms with Crippen LogP contribution in [0.25, 0.3) is 32.9 Å². The first-order valence-corrected chi connectivity index (χ1v) is 23.3. The number of para-hydroxylation sites is 1. The first-order valence-electron chi connectivity index (χ1n) is 23.3. The number of anilines is 6. The summed E-state index contributed by atoms with van der Waals surface area (Å²) in [5.41, 5.74) is 21.3. The monoisotopic (exact) mass is 828 g/mol. The summed E-state index contributed by atoms with van der Waals surface area (Å²) < 4.78 is 14.4. The molecule has 11 rings (SSSR count). The Morgan fingerprint density at radius 1 is 0.603 bits per heavy atom. The van der Waals surface area contributed by atoms with Crippen molar-refractivity contribution in [3.63, 3.8) is 0 Å². The third-order valence-electron chi connectivity index (χ3n) is 15.0. The van der Waals surface area contributed by atoms with Crippen LogP contribution in [0.4, 0.5) is 34.1 Å². The fourth-order valence-corrected chi connectivity index (χ4v) is 11.3. The van der Waals surface area contributed by atoms with Crippen LogP contribution < -0.4 is 26.4 Å². The number of aryl methyl sites for hydroxylation is 1. The number of benzene rings is 6. The lowest BCUT2D eigenvalue weighted by Gasteiger charge is -2.46. The first kappa shape index (κ1) is 40.1. The van der Waals surface area contributed by atoms with E-state index >= 15 is 0 Å². The zero-order valence-corrected chi connectivity index (χ0v) is 39.6. The molecule has 318 valence electrons. The normalized spacial score (nSPS) is 16.5. The third-order valence-corrected chi connectivity index (χ3v) is 15.0. The zero-order chi connectivity index (χ0) is 44.3. The van der Waals surface area contributed by atoms with Gasteiger partial charge in [0, 0.05) is 38.9 Å². The fraction of sp³-hybridized carbons (Fsp3) is 0.345. The molecule has 0 amide bonds. The minimum Gasteiger partial charge on any atom is -0.468 e. The molecule has 6 aromatic carbocycles. The molecule has 0 atom stereocenters. The number of hydrogen-bond acceptors (Lipinski definition) is 4. The largest absolute Gasteiger partial charge is 0.468 e. The lowest BCUT2D eigenvalue weighted by molar-refractivity contribution is 0.332. The van der Waals surface area contributed by atoms with Crippen LogP contribution >= 0.6 is 0 Å². The van der Waals surface area contributed by atoms with Crippen LogP contribution in [0, 0.1) is 6.92 Å². The van der Waals surface area contributed by atoms with Gasteiger partial charge in [-0.2, -0.15) is 0 Å². The van der Waals surface area contributed by atoms with Gasteiger partial charge in [0.05, 0.1) is 17.0 Å². The van der Waals surface area contributed by atoms with Gasteiger partial charge in [-0.25, -0.2) is 0 Å². The second-order valence-corrected chi connectivity index (χ2v) is 22.7. The summed E-state index contributed by atoms with van der Waals surface area (Å²) in [5.74, 6) is 0.325. The summed E-state index contributed by atoms with van der Waals surface area (Å²) >= 11 is 0. The second-order valence-electron chi connectivity index (χ2n) is 22.7. The van der Waals surface area contributed by atoms with E-state index in [0.29, 0.717) is 5.92 Å². The molecule has 4 nitrogen and oxygen atoms in total. The summed E-state index contributed by atoms with van der Waals surface area (Å²) in [6, 6.07) is 39.4. The van der Waals surface area contributed by atoms with Crippen molar-refractivity contribution in [2.24, 2.45) is 0 Å². The van der Waals surface area contributed by atoms with Crippen molar-refractivity contribution in [3.8, 4) is 0 Å². The van der Waals surface area contributed by atoms with E-state index in [1.165, 1.54) is 72.1 Å². The molecule has 0 spiro atoms. The van der Waals surface area contributed by atoms with Crippen LogP contribution in [0.2, 0.25) is 0 Å². The van der Waals surface area contributed by atoms with Crippen molar-refractivity contribution in [3.05, 3.63) is 137 Å². The summed E-state index contributed by atoms with van der Waals surface area (Å²) in [4.78, 5) is 5.09. The zero-order valence-electron chi connectivity index (χ0n) is 39.6. The van der Waals surface area contributed by atoms with Crippen LogP contribution in [-0.4, -0.2) is 6.71 Å². The molecular formula is C58H61BN2O2. The Labute approximate surface area is 374 Å². The van der Waals surface area contributed by atoms with Crippen LogP contribution in [0.15, 0.2) is 112 Å². The molecule has 63 heavy (non-hydrogen) atoms. The van der Waals surface area contributed by atoms with Crippen molar-refractivity contribution in [1.82, 2.24) is 0 Å². The molecule has 0 N–H and O–H groups in total. The Morgan fingerprint density at radius 3 is 1.89 bits per heavy atom. The van der Waals surface area contributed by atoms with Crippen molar-refractivity contribution in [2.45, 2.75) is 130 Å². The van der Waals surface area contributed by atoms with E-state index in [2.05, 4.69) is 203 Å².